The molecule has 0 aromatic carbocycles. The Kier molecular flexibility index (Phi) is 3.89. The maximum atomic E-state index is 12.5. The average Bonchev–Trinajstić information content (AvgIpc) is 3.17. The molecule has 1 spiro atoms. The maximum absolute atomic E-state index is 12.5. The molecule has 1 amide bonds. The molecule has 23 heavy (non-hydrogen) atoms. The van der Waals surface area contributed by atoms with E-state index >= 15 is 0 Å². The molecule has 1 atom stereocenters. The molecule has 1 aromatic rings. The molecule has 1 unspecified atom stereocenters. The number of likely N-dealkylation sites (tertiary alicyclic amines) is 1. The summed E-state index contributed by atoms with van der Waals surface area (Å²) in [6, 6.07) is 0. The van der Waals surface area contributed by atoms with Crippen LogP contribution in [0.15, 0.2) is 12.4 Å². The van der Waals surface area contributed by atoms with Gasteiger partial charge in [0.2, 0.25) is 0 Å². The fourth-order valence-corrected chi connectivity index (χ4v) is 3.65. The van der Waals surface area contributed by atoms with Gasteiger partial charge in [-0.1, -0.05) is 0 Å². The summed E-state index contributed by atoms with van der Waals surface area (Å²) in [7, 11) is 1.85. The van der Waals surface area contributed by atoms with E-state index < -0.39 is 0 Å². The fourth-order valence-electron chi connectivity index (χ4n) is 3.65. The van der Waals surface area contributed by atoms with Crippen molar-refractivity contribution in [3.8, 4) is 0 Å². The number of aromatic nitrogens is 2. The summed E-state index contributed by atoms with van der Waals surface area (Å²) in [5, 5.41) is 0. The van der Waals surface area contributed by atoms with Gasteiger partial charge in [-0.3, -0.25) is 4.79 Å². The topological polar surface area (TPSA) is 56.6 Å². The number of hydrogen-bond donors (Lipinski definition) is 0. The van der Waals surface area contributed by atoms with E-state index in [4.69, 9.17) is 9.47 Å². The molecule has 0 N–H and O–H groups in total. The predicted octanol–water partition coefficient (Wildman–Crippen LogP) is 1.61. The first-order valence-corrected chi connectivity index (χ1v) is 8.67. The summed E-state index contributed by atoms with van der Waals surface area (Å²) in [5.41, 5.74) is -0.0768. The van der Waals surface area contributed by atoms with Crippen LogP contribution < -0.4 is 0 Å². The molecule has 1 saturated carbocycles. The van der Waals surface area contributed by atoms with Gasteiger partial charge in [0.05, 0.1) is 18.3 Å². The van der Waals surface area contributed by atoms with E-state index in [1.54, 1.807) is 17.0 Å². The van der Waals surface area contributed by atoms with E-state index in [-0.39, 0.29) is 17.6 Å². The quantitative estimate of drug-likeness (QED) is 0.846. The standard InChI is InChI=1S/C17H25N3O3/c1-19-9-6-18-15(19)16(21)20-7-4-17(5-8-20)10-14(12-23-17)22-11-13-2-3-13/h6,9,13-14H,2-5,7-8,10-12H2,1H3. The monoisotopic (exact) mass is 319 g/mol. The van der Waals surface area contributed by atoms with Crippen molar-refractivity contribution in [1.29, 1.82) is 0 Å². The van der Waals surface area contributed by atoms with E-state index in [0.29, 0.717) is 12.4 Å². The van der Waals surface area contributed by atoms with Crippen LogP contribution in [0.4, 0.5) is 0 Å². The van der Waals surface area contributed by atoms with Crippen LogP contribution in [-0.4, -0.2) is 58.4 Å². The van der Waals surface area contributed by atoms with Gasteiger partial charge in [-0.15, -0.1) is 0 Å². The van der Waals surface area contributed by atoms with Crippen LogP contribution >= 0.6 is 0 Å². The Hall–Kier alpha value is -1.40. The molecule has 3 fully saturated rings. The fraction of sp³-hybridized carbons (Fsp3) is 0.765. The second-order valence-corrected chi connectivity index (χ2v) is 7.25. The number of carbonyl (C=O) groups excluding carboxylic acids is 1. The van der Waals surface area contributed by atoms with Crippen molar-refractivity contribution in [3.63, 3.8) is 0 Å². The van der Waals surface area contributed by atoms with Gasteiger partial charge in [-0.2, -0.15) is 0 Å². The molecule has 2 aliphatic heterocycles. The average molecular weight is 319 g/mol. The van der Waals surface area contributed by atoms with Crippen LogP contribution in [0.1, 0.15) is 42.7 Å². The van der Waals surface area contributed by atoms with Crippen LogP contribution in [0.5, 0.6) is 0 Å². The highest BCUT2D eigenvalue weighted by atomic mass is 16.6. The van der Waals surface area contributed by atoms with Crippen LogP contribution in [0, 0.1) is 5.92 Å². The van der Waals surface area contributed by atoms with Gasteiger partial charge in [0.15, 0.2) is 5.82 Å². The Balaban J connectivity index is 1.30. The van der Waals surface area contributed by atoms with Gasteiger partial charge < -0.3 is 18.9 Å². The van der Waals surface area contributed by atoms with E-state index in [1.165, 1.54) is 12.8 Å². The third-order valence-corrected chi connectivity index (χ3v) is 5.41. The Morgan fingerprint density at radius 1 is 1.43 bits per heavy atom. The summed E-state index contributed by atoms with van der Waals surface area (Å²) in [6.07, 6.45) is 9.13. The first-order chi connectivity index (χ1) is 11.2. The Morgan fingerprint density at radius 2 is 2.22 bits per heavy atom. The van der Waals surface area contributed by atoms with Crippen LogP contribution in [0.2, 0.25) is 0 Å². The summed E-state index contributed by atoms with van der Waals surface area (Å²) in [6.45, 7) is 3.08. The zero-order chi connectivity index (χ0) is 15.9. The zero-order valence-electron chi connectivity index (χ0n) is 13.7. The Morgan fingerprint density at radius 3 is 2.87 bits per heavy atom. The van der Waals surface area contributed by atoms with E-state index in [0.717, 1.165) is 44.9 Å². The van der Waals surface area contributed by atoms with Crippen LogP contribution in [0.25, 0.3) is 0 Å². The number of ether oxygens (including phenoxy) is 2. The second-order valence-electron chi connectivity index (χ2n) is 7.25. The lowest BCUT2D eigenvalue weighted by Crippen LogP contribution is -2.47. The van der Waals surface area contributed by atoms with Crippen LogP contribution in [0.3, 0.4) is 0 Å². The van der Waals surface area contributed by atoms with Gasteiger partial charge in [-0.25, -0.2) is 4.98 Å². The third kappa shape index (κ3) is 3.15. The van der Waals surface area contributed by atoms with Crippen molar-refractivity contribution < 1.29 is 14.3 Å². The number of aryl methyl sites for hydroxylation is 1. The lowest BCUT2D eigenvalue weighted by atomic mass is 9.88. The lowest BCUT2D eigenvalue weighted by Gasteiger charge is -2.38. The molecule has 6 nitrogen and oxygen atoms in total. The molecule has 3 aliphatic rings. The first-order valence-electron chi connectivity index (χ1n) is 8.67. The minimum absolute atomic E-state index is 0.0203. The largest absolute Gasteiger partial charge is 0.375 e. The summed E-state index contributed by atoms with van der Waals surface area (Å²) in [4.78, 5) is 18.6. The van der Waals surface area contributed by atoms with Gasteiger partial charge >= 0.3 is 0 Å². The number of imidazole rings is 1. The van der Waals surface area contributed by atoms with Crippen LogP contribution in [-0.2, 0) is 16.5 Å². The second kappa shape index (κ2) is 5.91. The maximum Gasteiger partial charge on any atom is 0.289 e. The Labute approximate surface area is 136 Å². The molecule has 1 aliphatic carbocycles. The molecule has 3 heterocycles. The molecule has 4 rings (SSSR count). The number of piperidine rings is 1. The SMILES string of the molecule is Cn1ccnc1C(=O)N1CCC2(CC1)CC(OCC1CC1)CO2. The minimum Gasteiger partial charge on any atom is -0.375 e. The highest BCUT2D eigenvalue weighted by Gasteiger charge is 2.44. The summed E-state index contributed by atoms with van der Waals surface area (Å²) >= 11 is 0. The number of nitrogens with zero attached hydrogens (tertiary/aromatic N) is 3. The molecule has 2 saturated heterocycles. The van der Waals surface area contributed by atoms with Crippen molar-refractivity contribution in [1.82, 2.24) is 14.5 Å². The smallest absolute Gasteiger partial charge is 0.289 e. The summed E-state index contributed by atoms with van der Waals surface area (Å²) < 4.78 is 13.9. The molecule has 1 aromatic heterocycles. The van der Waals surface area contributed by atoms with E-state index in [9.17, 15) is 4.79 Å². The van der Waals surface area contributed by atoms with Crippen molar-refractivity contribution in [3.05, 3.63) is 18.2 Å². The van der Waals surface area contributed by atoms with Gasteiger partial charge in [0, 0.05) is 45.6 Å². The number of rotatable bonds is 4. The normalized spacial score (nSPS) is 26.8. The molecule has 6 heteroatoms. The molecule has 0 bridgehead atoms. The first kappa shape index (κ1) is 15.1. The third-order valence-electron chi connectivity index (χ3n) is 5.41. The predicted molar refractivity (Wildman–Crippen MR) is 84.1 cm³/mol. The highest BCUT2D eigenvalue weighted by molar-refractivity contribution is 5.90. The zero-order valence-corrected chi connectivity index (χ0v) is 13.7. The van der Waals surface area contributed by atoms with Gasteiger partial charge in [-0.05, 0) is 31.6 Å². The van der Waals surface area contributed by atoms with Gasteiger partial charge in [0.25, 0.3) is 5.91 Å². The summed E-state index contributed by atoms with van der Waals surface area (Å²) in [5.74, 6) is 1.33. The van der Waals surface area contributed by atoms with Gasteiger partial charge in [0.1, 0.15) is 0 Å². The lowest BCUT2D eigenvalue weighted by molar-refractivity contribution is -0.0412. The molecular formula is C17H25N3O3. The molecular weight excluding hydrogens is 294 g/mol. The van der Waals surface area contributed by atoms with E-state index in [2.05, 4.69) is 4.98 Å². The van der Waals surface area contributed by atoms with E-state index in [1.807, 2.05) is 11.9 Å². The van der Waals surface area contributed by atoms with Crippen molar-refractivity contribution in [2.24, 2.45) is 13.0 Å². The minimum atomic E-state index is -0.0768. The highest BCUT2D eigenvalue weighted by Crippen LogP contribution is 2.38. The van der Waals surface area contributed by atoms with Crippen molar-refractivity contribution >= 4 is 5.91 Å². The molecule has 0 radical (unpaired) electrons. The Bertz CT molecular complexity index is 573. The number of amides is 1. The molecule has 126 valence electrons. The van der Waals surface area contributed by atoms with Crippen molar-refractivity contribution in [2.45, 2.75) is 43.8 Å². The number of carbonyl (C=O) groups is 1. The number of hydrogen-bond acceptors (Lipinski definition) is 4. The van der Waals surface area contributed by atoms with Crippen molar-refractivity contribution in [2.75, 3.05) is 26.3 Å².